The highest BCUT2D eigenvalue weighted by molar-refractivity contribution is 6.17. The summed E-state index contributed by atoms with van der Waals surface area (Å²) < 4.78 is 1.27. The van der Waals surface area contributed by atoms with Crippen molar-refractivity contribution < 1.29 is 9.72 Å². The second-order valence-electron chi connectivity index (χ2n) is 4.70. The molecule has 1 heterocycles. The van der Waals surface area contributed by atoms with Gasteiger partial charge in [-0.1, -0.05) is 6.92 Å². The minimum atomic E-state index is -0.519. The van der Waals surface area contributed by atoms with Crippen LogP contribution in [-0.2, 0) is 7.05 Å². The van der Waals surface area contributed by atoms with Gasteiger partial charge in [-0.05, 0) is 30.8 Å². The molecule has 19 heavy (non-hydrogen) atoms. The number of carbonyl (C=O) groups excluding carboxylic acids is 1. The zero-order chi connectivity index (χ0) is 14.6. The average molecular weight is 288 g/mol. The third kappa shape index (κ3) is 3.47. The van der Waals surface area contributed by atoms with Gasteiger partial charge in [-0.25, -0.2) is 4.57 Å². The van der Waals surface area contributed by atoms with Crippen molar-refractivity contribution in [2.75, 3.05) is 5.88 Å². The first-order valence-electron chi connectivity index (χ1n) is 6.03. The Hall–Kier alpha value is -1.56. The highest BCUT2D eigenvalue weighted by Crippen LogP contribution is 2.19. The number of carbonyl (C=O) groups is 1. The van der Waals surface area contributed by atoms with Crippen molar-refractivity contribution in [1.29, 1.82) is 0 Å². The van der Waals surface area contributed by atoms with E-state index >= 15 is 0 Å². The van der Waals surface area contributed by atoms with Gasteiger partial charge in [0.05, 0.1) is 7.05 Å². The van der Waals surface area contributed by atoms with Crippen molar-refractivity contribution >= 4 is 23.3 Å². The summed E-state index contributed by atoms with van der Waals surface area (Å²) in [5, 5.41) is 13.6. The van der Waals surface area contributed by atoms with Gasteiger partial charge < -0.3 is 15.4 Å². The van der Waals surface area contributed by atoms with E-state index in [1.165, 1.54) is 23.7 Å². The molecule has 1 amide bonds. The summed E-state index contributed by atoms with van der Waals surface area (Å²) in [6.45, 7) is 3.87. The molecule has 0 aromatic carbocycles. The van der Waals surface area contributed by atoms with Crippen molar-refractivity contribution in [2.24, 2.45) is 7.05 Å². The lowest BCUT2D eigenvalue weighted by atomic mass is 9.95. The van der Waals surface area contributed by atoms with E-state index in [0.29, 0.717) is 12.3 Å². The van der Waals surface area contributed by atoms with Crippen LogP contribution in [0.1, 0.15) is 37.2 Å². The highest BCUT2D eigenvalue weighted by Gasteiger charge is 2.28. The fraction of sp³-hybridized carbons (Fsp3) is 0.583. The molecule has 1 aromatic heterocycles. The molecule has 0 spiro atoms. The van der Waals surface area contributed by atoms with E-state index in [4.69, 9.17) is 11.6 Å². The molecule has 1 N–H and O–H groups in total. The van der Waals surface area contributed by atoms with E-state index in [-0.39, 0.29) is 17.4 Å². The van der Waals surface area contributed by atoms with Crippen LogP contribution in [-0.4, -0.2) is 26.8 Å². The maximum atomic E-state index is 12.2. The minimum absolute atomic E-state index is 0.110. The Balaban J connectivity index is 2.92. The summed E-state index contributed by atoms with van der Waals surface area (Å²) in [7, 11) is 1.50. The molecule has 6 nitrogen and oxygen atoms in total. The van der Waals surface area contributed by atoms with Gasteiger partial charge in [0.15, 0.2) is 5.69 Å². The molecule has 106 valence electrons. The Morgan fingerprint density at radius 1 is 1.58 bits per heavy atom. The van der Waals surface area contributed by atoms with Crippen LogP contribution in [0.15, 0.2) is 12.1 Å². The van der Waals surface area contributed by atoms with Crippen LogP contribution in [0.4, 0.5) is 5.82 Å². The maximum Gasteiger partial charge on any atom is 0.323 e. The molecule has 7 heteroatoms. The Bertz CT molecular complexity index is 487. The second kappa shape index (κ2) is 6.06. The molecular formula is C12H18ClN3O3. The first-order chi connectivity index (χ1) is 8.84. The zero-order valence-corrected chi connectivity index (χ0v) is 12.0. The number of rotatable bonds is 6. The SMILES string of the molecule is CCC(C)(CCCl)NC(=O)c1ccc([N+](=O)[O-])n1C. The van der Waals surface area contributed by atoms with Gasteiger partial charge in [-0.2, -0.15) is 0 Å². The number of alkyl halides is 1. The van der Waals surface area contributed by atoms with Gasteiger partial charge in [-0.3, -0.25) is 4.79 Å². The predicted octanol–water partition coefficient (Wildman–Crippen LogP) is 2.46. The third-order valence-corrected chi connectivity index (χ3v) is 3.55. The molecule has 1 rings (SSSR count). The second-order valence-corrected chi connectivity index (χ2v) is 5.08. The van der Waals surface area contributed by atoms with Crippen LogP contribution >= 0.6 is 11.6 Å². The van der Waals surface area contributed by atoms with Gasteiger partial charge in [-0.15, -0.1) is 11.6 Å². The first-order valence-corrected chi connectivity index (χ1v) is 6.56. The van der Waals surface area contributed by atoms with Crippen molar-refractivity contribution in [2.45, 2.75) is 32.2 Å². The predicted molar refractivity (Wildman–Crippen MR) is 73.6 cm³/mol. The van der Waals surface area contributed by atoms with Crippen molar-refractivity contribution in [3.8, 4) is 0 Å². The quantitative estimate of drug-likeness (QED) is 0.496. The molecule has 0 fully saturated rings. The zero-order valence-electron chi connectivity index (χ0n) is 11.3. The lowest BCUT2D eigenvalue weighted by Gasteiger charge is -2.28. The number of amides is 1. The number of hydrogen-bond donors (Lipinski definition) is 1. The summed E-state index contributed by atoms with van der Waals surface area (Å²) in [5.41, 5.74) is -0.140. The van der Waals surface area contributed by atoms with Gasteiger partial charge >= 0.3 is 5.82 Å². The largest absolute Gasteiger partial charge is 0.358 e. The van der Waals surface area contributed by atoms with Crippen LogP contribution in [0.3, 0.4) is 0 Å². The van der Waals surface area contributed by atoms with Crippen LogP contribution in [0.2, 0.25) is 0 Å². The monoisotopic (exact) mass is 287 g/mol. The molecule has 1 unspecified atom stereocenters. The molecule has 1 atom stereocenters. The molecule has 0 saturated carbocycles. The minimum Gasteiger partial charge on any atom is -0.358 e. The molecule has 0 saturated heterocycles. The number of nitrogens with zero attached hydrogens (tertiary/aromatic N) is 2. The Labute approximate surface area is 116 Å². The number of nitro groups is 1. The summed E-state index contributed by atoms with van der Waals surface area (Å²) in [6.07, 6.45) is 1.38. The standard InChI is InChI=1S/C12H18ClN3O3/c1-4-12(2,7-8-13)14-11(17)9-5-6-10(15(9)3)16(18)19/h5-6H,4,7-8H2,1-3H3,(H,14,17). The first kappa shape index (κ1) is 15.5. The molecular weight excluding hydrogens is 270 g/mol. The molecule has 0 aliphatic rings. The van der Waals surface area contributed by atoms with Gasteiger partial charge in [0.25, 0.3) is 5.91 Å². The molecule has 0 aliphatic heterocycles. The number of nitrogens with one attached hydrogen (secondary N) is 1. The summed E-state index contributed by atoms with van der Waals surface area (Å²) in [5.74, 6) is 0.00326. The van der Waals surface area contributed by atoms with Gasteiger partial charge in [0.2, 0.25) is 0 Å². The van der Waals surface area contributed by atoms with Crippen LogP contribution in [0, 0.1) is 10.1 Å². The number of hydrogen-bond acceptors (Lipinski definition) is 3. The van der Waals surface area contributed by atoms with Gasteiger partial charge in [0.1, 0.15) is 0 Å². The molecule has 0 bridgehead atoms. The Kier molecular flexibility index (Phi) is 4.94. The molecule has 0 radical (unpaired) electrons. The average Bonchev–Trinajstić information content (AvgIpc) is 2.71. The Morgan fingerprint density at radius 2 is 2.21 bits per heavy atom. The van der Waals surface area contributed by atoms with E-state index in [2.05, 4.69) is 5.32 Å². The van der Waals surface area contributed by atoms with Crippen molar-refractivity contribution in [1.82, 2.24) is 9.88 Å². The van der Waals surface area contributed by atoms with Crippen LogP contribution in [0.25, 0.3) is 0 Å². The summed E-state index contributed by atoms with van der Waals surface area (Å²) in [6, 6.07) is 2.77. The highest BCUT2D eigenvalue weighted by atomic mass is 35.5. The molecule has 0 aliphatic carbocycles. The smallest absolute Gasteiger partial charge is 0.323 e. The third-order valence-electron chi connectivity index (χ3n) is 3.36. The summed E-state index contributed by atoms with van der Waals surface area (Å²) in [4.78, 5) is 22.4. The lowest BCUT2D eigenvalue weighted by Crippen LogP contribution is -2.46. The fourth-order valence-electron chi connectivity index (χ4n) is 1.79. The van der Waals surface area contributed by atoms with Crippen LogP contribution < -0.4 is 5.32 Å². The Morgan fingerprint density at radius 3 is 2.63 bits per heavy atom. The topological polar surface area (TPSA) is 77.2 Å². The van der Waals surface area contributed by atoms with E-state index in [0.717, 1.165) is 6.42 Å². The molecule has 1 aromatic rings. The number of halogens is 1. The van der Waals surface area contributed by atoms with E-state index < -0.39 is 10.5 Å². The van der Waals surface area contributed by atoms with Crippen molar-refractivity contribution in [3.63, 3.8) is 0 Å². The maximum absolute atomic E-state index is 12.2. The lowest BCUT2D eigenvalue weighted by molar-refractivity contribution is -0.391. The van der Waals surface area contributed by atoms with E-state index in [1.807, 2.05) is 13.8 Å². The fourth-order valence-corrected chi connectivity index (χ4v) is 2.20. The van der Waals surface area contributed by atoms with E-state index in [1.54, 1.807) is 0 Å². The van der Waals surface area contributed by atoms with E-state index in [9.17, 15) is 14.9 Å². The normalized spacial score (nSPS) is 13.9. The van der Waals surface area contributed by atoms with Gasteiger partial charge in [0, 0.05) is 17.5 Å². The van der Waals surface area contributed by atoms with Crippen molar-refractivity contribution in [3.05, 3.63) is 27.9 Å². The summed E-state index contributed by atoms with van der Waals surface area (Å²) >= 11 is 5.73. The number of aromatic nitrogens is 1. The van der Waals surface area contributed by atoms with Crippen LogP contribution in [0.5, 0.6) is 0 Å².